The molecule has 1 aliphatic carbocycles. The summed E-state index contributed by atoms with van der Waals surface area (Å²) in [4.78, 5) is 40.9. The number of ketones is 2. The second-order valence-corrected chi connectivity index (χ2v) is 9.57. The van der Waals surface area contributed by atoms with Crippen LogP contribution in [-0.4, -0.2) is 33.6 Å². The van der Waals surface area contributed by atoms with Gasteiger partial charge in [0.25, 0.3) is 0 Å². The first-order valence-electron chi connectivity index (χ1n) is 12.4. The number of Topliss-reactive ketones (excluding diaryl/α,β-unsaturated/α-hetero) is 2. The first kappa shape index (κ1) is 24.1. The van der Waals surface area contributed by atoms with Crippen molar-refractivity contribution in [1.82, 2.24) is 15.0 Å². The number of carbonyl (C=O) groups is 2. The van der Waals surface area contributed by atoms with Gasteiger partial charge in [-0.05, 0) is 59.6 Å². The van der Waals surface area contributed by atoms with Crippen LogP contribution in [0.1, 0.15) is 37.4 Å². The topological polar surface area (TPSA) is 97.5 Å². The van der Waals surface area contributed by atoms with Crippen LogP contribution in [-0.2, 0) is 6.54 Å². The smallest absolute Gasteiger partial charge is 0.197 e. The first-order chi connectivity index (χ1) is 18.9. The minimum absolute atomic E-state index is 0.172. The number of rotatable bonds is 6. The molecule has 0 bridgehead atoms. The third kappa shape index (κ3) is 4.31. The van der Waals surface area contributed by atoms with Crippen LogP contribution in [0.3, 0.4) is 0 Å². The van der Waals surface area contributed by atoms with Gasteiger partial charge in [-0.3, -0.25) is 9.59 Å². The number of nitrogens with zero attached hydrogens (tertiary/aromatic N) is 5. The molecule has 6 rings (SSSR count). The number of benzene rings is 4. The lowest BCUT2D eigenvalue weighted by Crippen LogP contribution is -2.17. The van der Waals surface area contributed by atoms with Crippen LogP contribution in [0.25, 0.3) is 22.8 Å². The number of fused-ring (bicyclic) bond motifs is 2. The van der Waals surface area contributed by atoms with Gasteiger partial charge in [-0.15, -0.1) is 19.9 Å². The number of hydrogen-bond donors (Lipinski definition) is 0. The molecule has 4 aromatic carbocycles. The zero-order chi connectivity index (χ0) is 27.1. The molecule has 1 aromatic heterocycles. The summed E-state index contributed by atoms with van der Waals surface area (Å²) in [5.74, 6) is -0.499. The predicted octanol–water partition coefficient (Wildman–Crippen LogP) is 6.23. The van der Waals surface area contributed by atoms with Crippen molar-refractivity contribution in [2.75, 3.05) is 11.9 Å². The van der Waals surface area contributed by atoms with Gasteiger partial charge >= 0.3 is 0 Å². The minimum Gasteiger partial charge on any atom is -0.370 e. The SMILES string of the molecule is Cc1cc(CN(C)c2ccc(C=C3C(=O)c4ccccc4C3=O)cc2)c(N=O)c(-n2nc3ccccc3n2)c1. The Bertz CT molecular complexity index is 1750. The van der Waals surface area contributed by atoms with E-state index in [2.05, 4.69) is 15.4 Å². The van der Waals surface area contributed by atoms with E-state index >= 15 is 0 Å². The summed E-state index contributed by atoms with van der Waals surface area (Å²) in [6.45, 7) is 2.38. The summed E-state index contributed by atoms with van der Waals surface area (Å²) in [6, 6.07) is 25.7. The average molecular weight is 514 g/mol. The second-order valence-electron chi connectivity index (χ2n) is 9.57. The quantitative estimate of drug-likeness (QED) is 0.152. The Morgan fingerprint density at radius 3 is 2.03 bits per heavy atom. The molecule has 39 heavy (non-hydrogen) atoms. The summed E-state index contributed by atoms with van der Waals surface area (Å²) in [6.07, 6.45) is 1.64. The van der Waals surface area contributed by atoms with Crippen molar-refractivity contribution in [3.05, 3.63) is 123 Å². The number of anilines is 1. The molecule has 0 saturated heterocycles. The molecule has 0 N–H and O–H groups in total. The van der Waals surface area contributed by atoms with E-state index in [-0.39, 0.29) is 22.8 Å². The third-order valence-corrected chi connectivity index (χ3v) is 6.86. The molecule has 1 heterocycles. The Morgan fingerprint density at radius 2 is 1.44 bits per heavy atom. The van der Waals surface area contributed by atoms with Crippen LogP contribution in [0.15, 0.2) is 95.7 Å². The third-order valence-electron chi connectivity index (χ3n) is 6.86. The molecule has 8 nitrogen and oxygen atoms in total. The number of nitroso groups, excluding NO2 is 1. The second kappa shape index (κ2) is 9.57. The molecule has 0 fully saturated rings. The van der Waals surface area contributed by atoms with Crippen molar-refractivity contribution >= 4 is 40.1 Å². The molecule has 0 aliphatic heterocycles. The van der Waals surface area contributed by atoms with Gasteiger partial charge in [-0.25, -0.2) is 0 Å². The van der Waals surface area contributed by atoms with E-state index in [1.807, 2.05) is 79.5 Å². The summed E-state index contributed by atoms with van der Waals surface area (Å²) in [5, 5.41) is 12.4. The lowest BCUT2D eigenvalue weighted by Gasteiger charge is -2.21. The van der Waals surface area contributed by atoms with Crippen LogP contribution in [0.4, 0.5) is 11.4 Å². The van der Waals surface area contributed by atoms with Crippen LogP contribution in [0.5, 0.6) is 0 Å². The largest absolute Gasteiger partial charge is 0.370 e. The molecule has 190 valence electrons. The Hall–Kier alpha value is -5.24. The fourth-order valence-corrected chi connectivity index (χ4v) is 4.92. The van der Waals surface area contributed by atoms with Crippen LogP contribution < -0.4 is 4.90 Å². The van der Waals surface area contributed by atoms with Crippen molar-refractivity contribution in [2.45, 2.75) is 13.5 Å². The Labute approximate surface area is 224 Å². The number of carbonyl (C=O) groups excluding carboxylic acids is 2. The molecule has 0 radical (unpaired) electrons. The standard InChI is InChI=1S/C31H23N5O3/c1-19-15-21(29(34-39)28(16-19)36-32-26-9-5-6-10-27(26)33-36)18-35(2)22-13-11-20(12-14-22)17-25-30(37)23-7-3-4-8-24(23)31(25)38/h3-17H,18H2,1-2H3. The van der Waals surface area contributed by atoms with Gasteiger partial charge in [0.2, 0.25) is 0 Å². The summed E-state index contributed by atoms with van der Waals surface area (Å²) in [5.41, 5.74) is 6.68. The fourth-order valence-electron chi connectivity index (χ4n) is 4.92. The summed E-state index contributed by atoms with van der Waals surface area (Å²) >= 11 is 0. The van der Waals surface area contributed by atoms with Gasteiger partial charge in [0.05, 0.1) is 5.57 Å². The van der Waals surface area contributed by atoms with E-state index in [4.69, 9.17) is 0 Å². The molecule has 5 aromatic rings. The maximum absolute atomic E-state index is 12.7. The highest BCUT2D eigenvalue weighted by molar-refractivity contribution is 6.41. The van der Waals surface area contributed by atoms with Crippen LogP contribution >= 0.6 is 0 Å². The zero-order valence-corrected chi connectivity index (χ0v) is 21.3. The number of allylic oxidation sites excluding steroid dienone is 1. The van der Waals surface area contributed by atoms with Crippen LogP contribution in [0, 0.1) is 11.8 Å². The van der Waals surface area contributed by atoms with Crippen LogP contribution in [0.2, 0.25) is 0 Å². The van der Waals surface area contributed by atoms with Gasteiger partial charge in [0.15, 0.2) is 11.6 Å². The maximum atomic E-state index is 12.7. The normalized spacial score (nSPS) is 12.6. The maximum Gasteiger partial charge on any atom is 0.197 e. The van der Waals surface area contributed by atoms with Gasteiger partial charge < -0.3 is 4.90 Å². The van der Waals surface area contributed by atoms with Gasteiger partial charge in [0.1, 0.15) is 22.4 Å². The summed E-state index contributed by atoms with van der Waals surface area (Å²) < 4.78 is 0. The van der Waals surface area contributed by atoms with E-state index in [1.165, 1.54) is 4.80 Å². The first-order valence-corrected chi connectivity index (χ1v) is 12.4. The summed E-state index contributed by atoms with van der Waals surface area (Å²) in [7, 11) is 1.92. The highest BCUT2D eigenvalue weighted by atomic mass is 16.3. The van der Waals surface area contributed by atoms with E-state index in [0.29, 0.717) is 23.4 Å². The average Bonchev–Trinajstić information content (AvgIpc) is 3.48. The van der Waals surface area contributed by atoms with Crippen molar-refractivity contribution in [3.63, 3.8) is 0 Å². The molecular formula is C31H23N5O3. The number of hydrogen-bond acceptors (Lipinski definition) is 7. The fraction of sp³-hybridized carbons (Fsp3) is 0.0968. The lowest BCUT2D eigenvalue weighted by molar-refractivity contribution is 0.0990. The van der Waals surface area contributed by atoms with Gasteiger partial charge in [0, 0.05) is 36.0 Å². The van der Waals surface area contributed by atoms with Crippen molar-refractivity contribution in [1.29, 1.82) is 0 Å². The minimum atomic E-state index is -0.250. The van der Waals surface area contributed by atoms with Crippen molar-refractivity contribution < 1.29 is 9.59 Å². The number of aryl methyl sites for hydroxylation is 1. The van der Waals surface area contributed by atoms with E-state index in [1.54, 1.807) is 30.3 Å². The monoisotopic (exact) mass is 513 g/mol. The Morgan fingerprint density at radius 1 is 0.846 bits per heavy atom. The zero-order valence-electron chi connectivity index (χ0n) is 21.3. The highest BCUT2D eigenvalue weighted by Crippen LogP contribution is 2.32. The molecule has 0 saturated carbocycles. The van der Waals surface area contributed by atoms with Gasteiger partial charge in [-0.2, -0.15) is 0 Å². The van der Waals surface area contributed by atoms with Crippen molar-refractivity contribution in [2.24, 2.45) is 5.18 Å². The number of aromatic nitrogens is 3. The Kier molecular flexibility index (Phi) is 5.92. The molecule has 0 atom stereocenters. The van der Waals surface area contributed by atoms with E-state index in [0.717, 1.165) is 33.4 Å². The van der Waals surface area contributed by atoms with Gasteiger partial charge in [-0.1, -0.05) is 54.6 Å². The molecule has 0 spiro atoms. The van der Waals surface area contributed by atoms with E-state index < -0.39 is 0 Å². The molecule has 0 amide bonds. The predicted molar refractivity (Wildman–Crippen MR) is 151 cm³/mol. The van der Waals surface area contributed by atoms with Crippen molar-refractivity contribution in [3.8, 4) is 5.69 Å². The highest BCUT2D eigenvalue weighted by Gasteiger charge is 2.32. The molecule has 0 unspecified atom stereocenters. The molecular weight excluding hydrogens is 490 g/mol. The molecule has 8 heteroatoms. The Balaban J connectivity index is 1.26. The lowest BCUT2D eigenvalue weighted by atomic mass is 10.1. The van der Waals surface area contributed by atoms with E-state index in [9.17, 15) is 14.5 Å². The molecule has 1 aliphatic rings.